The highest BCUT2D eigenvalue weighted by Gasteiger charge is 2.11. The molecule has 8 nitrogen and oxygen atoms in total. The molecule has 0 spiro atoms. The van der Waals surface area contributed by atoms with E-state index in [0.717, 1.165) is 34.0 Å². The van der Waals surface area contributed by atoms with Gasteiger partial charge in [0.25, 0.3) is 0 Å². The number of rotatable bonds is 5. The first-order valence-corrected chi connectivity index (χ1v) is 8.21. The predicted octanol–water partition coefficient (Wildman–Crippen LogP) is 2.36. The van der Waals surface area contributed by atoms with Crippen molar-refractivity contribution in [2.75, 3.05) is 31.4 Å². The van der Waals surface area contributed by atoms with E-state index in [-0.39, 0.29) is 0 Å². The lowest BCUT2D eigenvalue weighted by molar-refractivity contribution is 0.420. The van der Waals surface area contributed by atoms with Crippen LogP contribution in [-0.4, -0.2) is 46.0 Å². The first-order valence-electron chi connectivity index (χ1n) is 8.21. The van der Waals surface area contributed by atoms with Crippen LogP contribution < -0.4 is 15.0 Å². The van der Waals surface area contributed by atoms with Gasteiger partial charge >= 0.3 is 0 Å². The van der Waals surface area contributed by atoms with Crippen LogP contribution in [0.2, 0.25) is 0 Å². The summed E-state index contributed by atoms with van der Waals surface area (Å²) in [5, 5.41) is 17.4. The molecule has 3 aromatic heterocycles. The molecule has 0 fully saturated rings. The third kappa shape index (κ3) is 2.75. The molecule has 0 aliphatic heterocycles. The summed E-state index contributed by atoms with van der Waals surface area (Å²) in [7, 11) is 5.56. The Balaban J connectivity index is 1.69. The summed E-state index contributed by atoms with van der Waals surface area (Å²) in [4.78, 5) is 6.35. The molecule has 0 bridgehead atoms. The van der Waals surface area contributed by atoms with Gasteiger partial charge in [-0.1, -0.05) is 6.07 Å². The van der Waals surface area contributed by atoms with Crippen molar-refractivity contribution >= 4 is 28.1 Å². The second-order valence-corrected chi connectivity index (χ2v) is 6.04. The third-order valence-corrected chi connectivity index (χ3v) is 4.16. The first-order chi connectivity index (χ1) is 12.7. The summed E-state index contributed by atoms with van der Waals surface area (Å²) < 4.78 is 7.24. The largest absolute Gasteiger partial charge is 0.496 e. The van der Waals surface area contributed by atoms with Crippen LogP contribution in [0.4, 0.5) is 11.5 Å². The van der Waals surface area contributed by atoms with E-state index in [1.807, 2.05) is 55.4 Å². The molecule has 26 heavy (non-hydrogen) atoms. The molecule has 0 aliphatic rings. The zero-order valence-corrected chi connectivity index (χ0v) is 14.8. The van der Waals surface area contributed by atoms with E-state index in [0.29, 0.717) is 12.2 Å². The van der Waals surface area contributed by atoms with Gasteiger partial charge in [0.1, 0.15) is 11.6 Å². The van der Waals surface area contributed by atoms with Crippen molar-refractivity contribution < 1.29 is 4.74 Å². The molecule has 132 valence electrons. The summed E-state index contributed by atoms with van der Waals surface area (Å²) in [6.45, 7) is 0.474. The summed E-state index contributed by atoms with van der Waals surface area (Å²) in [5.74, 6) is 2.34. The fourth-order valence-corrected chi connectivity index (χ4v) is 2.84. The Morgan fingerprint density at radius 3 is 2.81 bits per heavy atom. The number of benzene rings is 1. The van der Waals surface area contributed by atoms with Crippen LogP contribution in [0, 0.1) is 0 Å². The minimum atomic E-state index is 0.474. The number of pyridine rings is 1. The molecule has 0 aliphatic carbocycles. The second kappa shape index (κ2) is 6.47. The molecule has 1 aromatic carbocycles. The van der Waals surface area contributed by atoms with Crippen molar-refractivity contribution in [2.24, 2.45) is 0 Å². The van der Waals surface area contributed by atoms with E-state index < -0.39 is 0 Å². The van der Waals surface area contributed by atoms with Crippen molar-refractivity contribution in [2.45, 2.75) is 6.54 Å². The van der Waals surface area contributed by atoms with Crippen molar-refractivity contribution in [1.29, 1.82) is 0 Å². The summed E-state index contributed by atoms with van der Waals surface area (Å²) in [5.41, 5.74) is 2.51. The minimum absolute atomic E-state index is 0.474. The Kier molecular flexibility index (Phi) is 4.00. The highest BCUT2D eigenvalue weighted by Crippen LogP contribution is 2.31. The summed E-state index contributed by atoms with van der Waals surface area (Å²) in [6.07, 6.45) is 1.77. The number of anilines is 2. The molecule has 0 atom stereocenters. The zero-order chi connectivity index (χ0) is 18.1. The predicted molar refractivity (Wildman–Crippen MR) is 101 cm³/mol. The molecule has 4 rings (SSSR count). The number of nitrogens with zero attached hydrogens (tertiary/aromatic N) is 6. The standard InChI is InChI=1S/C18H19N7O/c1-24(2)16-8-7-15-21-22-17(25(15)23-16)11-20-13-9-10-19-12-5-4-6-14(26-3)18(12)13/h4-10H,11H2,1-3H3,(H,19,20). The number of hydrogen-bond acceptors (Lipinski definition) is 7. The normalized spacial score (nSPS) is 11.0. The fourth-order valence-electron chi connectivity index (χ4n) is 2.84. The molecule has 4 aromatic rings. The number of nitrogens with one attached hydrogen (secondary N) is 1. The van der Waals surface area contributed by atoms with E-state index in [1.54, 1.807) is 17.8 Å². The van der Waals surface area contributed by atoms with Crippen molar-refractivity contribution in [3.63, 3.8) is 0 Å². The maximum atomic E-state index is 5.49. The maximum absolute atomic E-state index is 5.49. The van der Waals surface area contributed by atoms with Gasteiger partial charge in [0.15, 0.2) is 11.5 Å². The van der Waals surface area contributed by atoms with E-state index in [1.165, 1.54) is 0 Å². The molecule has 8 heteroatoms. The third-order valence-electron chi connectivity index (χ3n) is 4.16. The van der Waals surface area contributed by atoms with Gasteiger partial charge in [0.05, 0.1) is 24.6 Å². The van der Waals surface area contributed by atoms with E-state index in [4.69, 9.17) is 4.74 Å². The van der Waals surface area contributed by atoms with Crippen LogP contribution in [0.5, 0.6) is 5.75 Å². The molecule has 1 N–H and O–H groups in total. The summed E-state index contributed by atoms with van der Waals surface area (Å²) in [6, 6.07) is 11.6. The Labute approximate surface area is 150 Å². The monoisotopic (exact) mass is 349 g/mol. The average molecular weight is 349 g/mol. The molecular weight excluding hydrogens is 330 g/mol. The highest BCUT2D eigenvalue weighted by atomic mass is 16.5. The topological polar surface area (TPSA) is 80.5 Å². The van der Waals surface area contributed by atoms with Crippen LogP contribution in [0.15, 0.2) is 42.6 Å². The molecule has 0 saturated heterocycles. The smallest absolute Gasteiger partial charge is 0.178 e. The fraction of sp³-hybridized carbons (Fsp3) is 0.222. The average Bonchev–Trinajstić information content (AvgIpc) is 3.08. The van der Waals surface area contributed by atoms with Crippen molar-refractivity contribution in [3.05, 3.63) is 48.4 Å². The number of aromatic nitrogens is 5. The van der Waals surface area contributed by atoms with Gasteiger partial charge in [-0.25, -0.2) is 0 Å². The van der Waals surface area contributed by atoms with Gasteiger partial charge in [-0.2, -0.15) is 4.52 Å². The molecule has 0 amide bonds. The van der Waals surface area contributed by atoms with Gasteiger partial charge in [0.2, 0.25) is 0 Å². The number of ether oxygens (including phenoxy) is 1. The lowest BCUT2D eigenvalue weighted by Crippen LogP contribution is -2.13. The van der Waals surface area contributed by atoms with Crippen LogP contribution >= 0.6 is 0 Å². The maximum Gasteiger partial charge on any atom is 0.178 e. The van der Waals surface area contributed by atoms with Crippen LogP contribution in [0.1, 0.15) is 5.82 Å². The quantitative estimate of drug-likeness (QED) is 0.592. The van der Waals surface area contributed by atoms with Crippen LogP contribution in [0.3, 0.4) is 0 Å². The lowest BCUT2D eigenvalue weighted by atomic mass is 10.1. The van der Waals surface area contributed by atoms with Gasteiger partial charge in [0, 0.05) is 26.0 Å². The Morgan fingerprint density at radius 1 is 1.12 bits per heavy atom. The van der Waals surface area contributed by atoms with Crippen LogP contribution in [0.25, 0.3) is 16.6 Å². The number of hydrogen-bond donors (Lipinski definition) is 1. The van der Waals surface area contributed by atoms with Crippen molar-refractivity contribution in [1.82, 2.24) is 24.8 Å². The Bertz CT molecular complexity index is 1070. The van der Waals surface area contributed by atoms with Gasteiger partial charge in [-0.15, -0.1) is 15.3 Å². The molecule has 0 radical (unpaired) electrons. The molecular formula is C18H19N7O. The van der Waals surface area contributed by atoms with Gasteiger partial charge in [-0.05, 0) is 30.3 Å². The zero-order valence-electron chi connectivity index (χ0n) is 14.8. The molecule has 0 saturated carbocycles. The SMILES string of the molecule is COc1cccc2nccc(NCc3nnc4ccc(N(C)C)nn34)c12. The number of methoxy groups -OCH3 is 1. The minimum Gasteiger partial charge on any atom is -0.496 e. The van der Waals surface area contributed by atoms with Gasteiger partial charge < -0.3 is 15.0 Å². The second-order valence-electron chi connectivity index (χ2n) is 6.04. The van der Waals surface area contributed by atoms with Crippen LogP contribution in [-0.2, 0) is 6.54 Å². The highest BCUT2D eigenvalue weighted by molar-refractivity contribution is 5.96. The van der Waals surface area contributed by atoms with E-state index in [2.05, 4.69) is 25.6 Å². The molecule has 3 heterocycles. The Morgan fingerprint density at radius 2 is 2.00 bits per heavy atom. The van der Waals surface area contributed by atoms with E-state index in [9.17, 15) is 0 Å². The van der Waals surface area contributed by atoms with Gasteiger partial charge in [-0.3, -0.25) is 4.98 Å². The molecule has 0 unspecified atom stereocenters. The van der Waals surface area contributed by atoms with Crippen molar-refractivity contribution in [3.8, 4) is 5.75 Å². The lowest BCUT2D eigenvalue weighted by Gasteiger charge is -2.12. The summed E-state index contributed by atoms with van der Waals surface area (Å²) >= 11 is 0. The first kappa shape index (κ1) is 16.1. The Hall–Kier alpha value is -3.42. The number of fused-ring (bicyclic) bond motifs is 2. The van der Waals surface area contributed by atoms with E-state index >= 15 is 0 Å².